The van der Waals surface area contributed by atoms with Gasteiger partial charge in [-0.1, -0.05) is 12.1 Å². The number of carbonyl (C=O) groups excluding carboxylic acids is 1. The molecule has 1 amide bonds. The van der Waals surface area contributed by atoms with E-state index in [4.69, 9.17) is 0 Å². The molecule has 0 spiro atoms. The zero-order valence-electron chi connectivity index (χ0n) is 9.78. The van der Waals surface area contributed by atoms with Crippen LogP contribution in [0.2, 0.25) is 0 Å². The fourth-order valence-corrected chi connectivity index (χ4v) is 2.91. The average Bonchev–Trinajstić information content (AvgIpc) is 2.69. The van der Waals surface area contributed by atoms with Crippen molar-refractivity contribution in [3.05, 3.63) is 29.3 Å². The number of nitrogens with one attached hydrogen (secondary N) is 1. The van der Waals surface area contributed by atoms with Crippen LogP contribution in [0.4, 0.5) is 5.69 Å². The number of fused-ring (bicyclic) bond motifs is 1. The Morgan fingerprint density at radius 1 is 1.18 bits per heavy atom. The van der Waals surface area contributed by atoms with Crippen molar-refractivity contribution < 1.29 is 9.90 Å². The van der Waals surface area contributed by atoms with E-state index in [-0.39, 0.29) is 12.0 Å². The Morgan fingerprint density at radius 2 is 1.94 bits per heavy atom. The lowest BCUT2D eigenvalue weighted by molar-refractivity contribution is -0.115. The molecule has 1 heterocycles. The van der Waals surface area contributed by atoms with E-state index in [0.717, 1.165) is 36.9 Å². The first-order chi connectivity index (χ1) is 8.22. The first-order valence-electron chi connectivity index (χ1n) is 6.33. The van der Waals surface area contributed by atoms with Crippen molar-refractivity contribution in [3.8, 4) is 0 Å². The molecule has 0 radical (unpaired) electrons. The van der Waals surface area contributed by atoms with E-state index in [1.165, 1.54) is 5.56 Å². The Labute approximate surface area is 101 Å². The minimum absolute atomic E-state index is 0.0937. The maximum absolute atomic E-state index is 11.3. The van der Waals surface area contributed by atoms with Crippen LogP contribution in [-0.2, 0) is 11.2 Å². The molecule has 17 heavy (non-hydrogen) atoms. The van der Waals surface area contributed by atoms with Gasteiger partial charge in [-0.25, -0.2) is 0 Å². The monoisotopic (exact) mass is 231 g/mol. The second-order valence-electron chi connectivity index (χ2n) is 5.15. The Kier molecular flexibility index (Phi) is 2.63. The molecular formula is C14H17NO2. The van der Waals surface area contributed by atoms with E-state index < -0.39 is 0 Å². The molecule has 1 aromatic rings. The van der Waals surface area contributed by atoms with E-state index in [2.05, 4.69) is 17.4 Å². The molecule has 90 valence electrons. The van der Waals surface area contributed by atoms with Crippen molar-refractivity contribution in [1.29, 1.82) is 0 Å². The summed E-state index contributed by atoms with van der Waals surface area (Å²) in [4.78, 5) is 11.3. The second-order valence-corrected chi connectivity index (χ2v) is 5.15. The highest BCUT2D eigenvalue weighted by Crippen LogP contribution is 2.35. The molecule has 2 N–H and O–H groups in total. The maximum Gasteiger partial charge on any atom is 0.228 e. The number of hydrogen-bond acceptors (Lipinski definition) is 2. The molecule has 3 nitrogen and oxygen atoms in total. The molecule has 3 heteroatoms. The molecule has 1 fully saturated rings. The third-order valence-corrected chi connectivity index (χ3v) is 3.92. The van der Waals surface area contributed by atoms with Crippen molar-refractivity contribution in [3.63, 3.8) is 0 Å². The van der Waals surface area contributed by atoms with Gasteiger partial charge in [-0.15, -0.1) is 0 Å². The van der Waals surface area contributed by atoms with Crippen molar-refractivity contribution >= 4 is 11.6 Å². The summed E-state index contributed by atoms with van der Waals surface area (Å²) in [6.45, 7) is 0. The summed E-state index contributed by atoms with van der Waals surface area (Å²) in [6.07, 6.45) is 4.32. The predicted molar refractivity (Wildman–Crippen MR) is 66.0 cm³/mol. The second kappa shape index (κ2) is 4.15. The number of benzene rings is 1. The highest BCUT2D eigenvalue weighted by Gasteiger charge is 2.23. The first kappa shape index (κ1) is 10.8. The normalized spacial score (nSPS) is 27.7. The molecule has 1 aliphatic carbocycles. The lowest BCUT2D eigenvalue weighted by Crippen LogP contribution is -2.16. The van der Waals surface area contributed by atoms with Crippen molar-refractivity contribution in [2.24, 2.45) is 0 Å². The van der Waals surface area contributed by atoms with Gasteiger partial charge in [0.15, 0.2) is 0 Å². The summed E-state index contributed by atoms with van der Waals surface area (Å²) in [7, 11) is 0. The molecule has 0 saturated heterocycles. The Balaban J connectivity index is 1.81. The standard InChI is InChI=1S/C14H17NO2/c16-12-4-1-9(2-5-12)10-3-6-13-11(7-10)8-14(17)15-13/h3,6-7,9,12,16H,1-2,4-5,8H2,(H,15,17). The first-order valence-corrected chi connectivity index (χ1v) is 6.33. The summed E-state index contributed by atoms with van der Waals surface area (Å²) < 4.78 is 0. The SMILES string of the molecule is O=C1Cc2cc(C3CCC(O)CC3)ccc2N1. The summed E-state index contributed by atoms with van der Waals surface area (Å²) in [5.41, 5.74) is 3.42. The maximum atomic E-state index is 11.3. The summed E-state index contributed by atoms with van der Waals surface area (Å²) in [5.74, 6) is 0.649. The number of hydrogen-bond donors (Lipinski definition) is 2. The minimum atomic E-state index is -0.107. The lowest BCUT2D eigenvalue weighted by Gasteiger charge is -2.26. The molecule has 3 rings (SSSR count). The van der Waals surface area contributed by atoms with Crippen molar-refractivity contribution in [2.45, 2.75) is 44.1 Å². The van der Waals surface area contributed by atoms with Crippen molar-refractivity contribution in [2.75, 3.05) is 5.32 Å². The Bertz CT molecular complexity index is 448. The van der Waals surface area contributed by atoms with Gasteiger partial charge in [-0.3, -0.25) is 4.79 Å². The van der Waals surface area contributed by atoms with Crippen LogP contribution in [0, 0.1) is 0 Å². The van der Waals surface area contributed by atoms with Crippen LogP contribution in [0.3, 0.4) is 0 Å². The van der Waals surface area contributed by atoms with Crippen LogP contribution in [0.15, 0.2) is 18.2 Å². The van der Waals surface area contributed by atoms with Gasteiger partial charge in [0.2, 0.25) is 5.91 Å². The van der Waals surface area contributed by atoms with Gasteiger partial charge >= 0.3 is 0 Å². The van der Waals surface area contributed by atoms with Gasteiger partial charge < -0.3 is 10.4 Å². The fourth-order valence-electron chi connectivity index (χ4n) is 2.91. The highest BCUT2D eigenvalue weighted by molar-refractivity contribution is 5.99. The third kappa shape index (κ3) is 2.07. The number of amides is 1. The molecular weight excluding hydrogens is 214 g/mol. The van der Waals surface area contributed by atoms with Crippen LogP contribution in [0.25, 0.3) is 0 Å². The summed E-state index contributed by atoms with van der Waals surface area (Å²) in [6, 6.07) is 6.29. The molecule has 1 aliphatic heterocycles. The molecule has 0 atom stereocenters. The predicted octanol–water partition coefficient (Wildman–Crippen LogP) is 2.20. The van der Waals surface area contributed by atoms with E-state index in [1.807, 2.05) is 6.07 Å². The molecule has 0 unspecified atom stereocenters. The Hall–Kier alpha value is -1.35. The van der Waals surface area contributed by atoms with Gasteiger partial charge in [0.25, 0.3) is 0 Å². The van der Waals surface area contributed by atoms with Crippen molar-refractivity contribution in [1.82, 2.24) is 0 Å². The molecule has 1 aromatic carbocycles. The van der Waals surface area contributed by atoms with Crippen LogP contribution in [0.5, 0.6) is 0 Å². The minimum Gasteiger partial charge on any atom is -0.393 e. The average molecular weight is 231 g/mol. The lowest BCUT2D eigenvalue weighted by atomic mass is 9.82. The summed E-state index contributed by atoms with van der Waals surface area (Å²) >= 11 is 0. The molecule has 2 aliphatic rings. The number of carbonyl (C=O) groups is 1. The zero-order chi connectivity index (χ0) is 11.8. The third-order valence-electron chi connectivity index (χ3n) is 3.92. The van der Waals surface area contributed by atoms with Crippen LogP contribution >= 0.6 is 0 Å². The summed E-state index contributed by atoms with van der Waals surface area (Å²) in [5, 5.41) is 12.4. The number of anilines is 1. The number of aliphatic hydroxyl groups excluding tert-OH is 1. The number of aliphatic hydroxyl groups is 1. The molecule has 0 aromatic heterocycles. The van der Waals surface area contributed by atoms with E-state index in [1.54, 1.807) is 0 Å². The van der Waals surface area contributed by atoms with Crippen LogP contribution < -0.4 is 5.32 Å². The Morgan fingerprint density at radius 3 is 2.71 bits per heavy atom. The van der Waals surface area contributed by atoms with E-state index in [0.29, 0.717) is 12.3 Å². The van der Waals surface area contributed by atoms with Gasteiger partial charge in [-0.05, 0) is 48.8 Å². The van der Waals surface area contributed by atoms with Gasteiger partial charge in [0.1, 0.15) is 0 Å². The van der Waals surface area contributed by atoms with E-state index in [9.17, 15) is 9.90 Å². The van der Waals surface area contributed by atoms with Gasteiger partial charge in [0, 0.05) is 5.69 Å². The molecule has 0 bridgehead atoms. The number of rotatable bonds is 1. The quantitative estimate of drug-likeness (QED) is 0.778. The fraction of sp³-hybridized carbons (Fsp3) is 0.500. The van der Waals surface area contributed by atoms with Gasteiger partial charge in [0.05, 0.1) is 12.5 Å². The highest BCUT2D eigenvalue weighted by atomic mass is 16.3. The van der Waals surface area contributed by atoms with E-state index >= 15 is 0 Å². The largest absolute Gasteiger partial charge is 0.393 e. The van der Waals surface area contributed by atoms with Crippen LogP contribution in [-0.4, -0.2) is 17.1 Å². The molecule has 1 saturated carbocycles. The van der Waals surface area contributed by atoms with Crippen LogP contribution in [0.1, 0.15) is 42.7 Å². The smallest absolute Gasteiger partial charge is 0.228 e. The zero-order valence-corrected chi connectivity index (χ0v) is 9.78. The topological polar surface area (TPSA) is 49.3 Å². The van der Waals surface area contributed by atoms with Gasteiger partial charge in [-0.2, -0.15) is 0 Å².